The average Bonchev–Trinajstić information content (AvgIpc) is 4.20. The van der Waals surface area contributed by atoms with Crippen LogP contribution in [0.1, 0.15) is 118 Å². The Hall–Kier alpha value is -2.67. The molecule has 4 fully saturated rings. The fraction of sp³-hybridized carbons (Fsp3) is 0.429. The number of nitrogens with one attached hydrogen (secondary N) is 2. The molecule has 10 rings (SSSR count). The first-order valence-electron chi connectivity index (χ1n) is 21.5. The van der Waals surface area contributed by atoms with Crippen molar-refractivity contribution in [1.29, 1.82) is 0 Å². The van der Waals surface area contributed by atoms with E-state index in [0.717, 1.165) is 25.6 Å². The monoisotopic (exact) mass is 1080 g/mol. The average molecular weight is 1080 g/mol. The van der Waals surface area contributed by atoms with Crippen LogP contribution in [-0.4, -0.2) is 42.7 Å². The topological polar surface area (TPSA) is 184 Å². The number of nitrogens with zero attached hydrogens (tertiary/aromatic N) is 4. The zero-order valence-corrected chi connectivity index (χ0v) is 46.1. The molecule has 10 nitrogen and oxygen atoms in total. The number of nitrogen functional groups attached to an aromatic ring is 3. The number of alkyl halides is 1. The smallest absolute Gasteiger partial charge is 0.850 e. The molecule has 4 aliphatic rings. The first-order valence-corrected chi connectivity index (χ1v) is 23.0. The third kappa shape index (κ3) is 19.1. The number of aromatic nitrogens is 6. The normalized spacial score (nSPS) is 16.6. The molecule has 6 aromatic heterocycles. The fourth-order valence-corrected chi connectivity index (χ4v) is 6.55. The predicted molar refractivity (Wildman–Crippen MR) is 272 cm³/mol. The maximum atomic E-state index is 10.1. The van der Waals surface area contributed by atoms with Crippen LogP contribution in [-0.2, 0) is 10.8 Å². The Morgan fingerprint density at radius 2 is 1.12 bits per heavy atom. The van der Waals surface area contributed by atoms with Gasteiger partial charge in [0, 0.05) is 47.4 Å². The van der Waals surface area contributed by atoms with E-state index in [1.807, 2.05) is 12.1 Å². The van der Waals surface area contributed by atoms with Crippen LogP contribution in [0, 0.1) is 38.6 Å². The molecular formula is C49H59Cl3FIKN9O. The van der Waals surface area contributed by atoms with Gasteiger partial charge in [-0.3, -0.25) is 4.39 Å². The van der Waals surface area contributed by atoms with E-state index in [-0.39, 0.29) is 56.8 Å². The molecule has 0 aromatic carbocycles. The van der Waals surface area contributed by atoms with Crippen molar-refractivity contribution in [1.82, 2.24) is 29.9 Å². The molecule has 65 heavy (non-hydrogen) atoms. The van der Waals surface area contributed by atoms with Crippen molar-refractivity contribution in [2.45, 2.75) is 116 Å². The maximum Gasteiger partial charge on any atom is 1.00 e. The molecule has 0 bridgehead atoms. The molecule has 6 heterocycles. The van der Waals surface area contributed by atoms with Crippen LogP contribution in [0.4, 0.5) is 21.6 Å². The zero-order chi connectivity index (χ0) is 48.4. The fourth-order valence-electron chi connectivity index (χ4n) is 5.45. The Bertz CT molecular complexity index is 2560. The largest absolute Gasteiger partial charge is 1.00 e. The number of pyridine rings is 4. The van der Waals surface area contributed by atoms with E-state index in [2.05, 4.69) is 110 Å². The van der Waals surface area contributed by atoms with Crippen LogP contribution in [0.2, 0.25) is 15.5 Å². The third-order valence-corrected chi connectivity index (χ3v) is 12.5. The summed E-state index contributed by atoms with van der Waals surface area (Å²) < 4.78 is 16.4. The number of halogens is 5. The van der Waals surface area contributed by atoms with Crippen molar-refractivity contribution in [2.75, 3.05) is 24.4 Å². The van der Waals surface area contributed by atoms with Gasteiger partial charge in [0.05, 0.1) is 61.3 Å². The number of aromatic amines is 2. The van der Waals surface area contributed by atoms with Crippen LogP contribution in [0.5, 0.6) is 0 Å². The molecule has 4 saturated carbocycles. The van der Waals surface area contributed by atoms with Gasteiger partial charge < -0.3 is 32.3 Å². The van der Waals surface area contributed by atoms with Gasteiger partial charge in [0.25, 0.3) is 0 Å². The second kappa shape index (κ2) is 24.1. The van der Waals surface area contributed by atoms with Gasteiger partial charge >= 0.3 is 51.4 Å². The van der Waals surface area contributed by atoms with E-state index >= 15 is 0 Å². The number of hydrogen-bond acceptors (Lipinski definition) is 8. The number of H-pyrrole nitrogens is 2. The standard InChI is InChI=1S/2C11H11ClN2.C11H13N3.C6H8.C5H4ClIN2.C4H9O.CH3F.K/c1-11(2-3-11)9-4-7-5-10(12)13-6-8(7)14-9;1-11(4-5-11)3-2-8-6-10(12)14-7-9(8)13;1-11(2-3-11)9-4-7-5-10(12)13-6-8(7)14-9;1-3-6(2)4-5-6;6-5-1-3(7)4(8)2-9-5;1-4(2,3)5;1-2;/h4-6,14H,2-3H2,1H3;6-7H,4-5,13H2,1H3;4-6,14H,2-3H2,1H3,(H2,12,13);1H,4-5H2,2H3;1-2H,8H2;1-3H3;1H3;/q;;;;;-1;;+1/i;;;;;;1D;. The molecule has 0 spiro atoms. The minimum absolute atomic E-state index is 0. The summed E-state index contributed by atoms with van der Waals surface area (Å²) in [6, 6.07) is 11.6. The summed E-state index contributed by atoms with van der Waals surface area (Å²) in [5, 5.41) is 13.9. The van der Waals surface area contributed by atoms with Gasteiger partial charge in [-0.2, -0.15) is 0 Å². The summed E-state index contributed by atoms with van der Waals surface area (Å²) in [7, 11) is -1.00. The van der Waals surface area contributed by atoms with Crippen LogP contribution in [0.15, 0.2) is 61.2 Å². The maximum absolute atomic E-state index is 10.1. The SMILES string of the molecule is C#CC1(C)CC1.CC(C)(C)[O-].CC1(C#Cc2cc(Cl)ncc2N)CC1.CC1(c2cc3cc(Cl)ncc3[nH]2)CC1.CC1(c2cc3cc(N)ncc3[nH]2)CC1.Nc1cnc(Cl)cc1I.[2H]CF.[K+]. The molecule has 0 aliphatic heterocycles. The molecule has 0 radical (unpaired) electrons. The number of rotatable bonds is 2. The van der Waals surface area contributed by atoms with E-state index in [4.69, 9.17) is 59.8 Å². The summed E-state index contributed by atoms with van der Waals surface area (Å²) in [5.41, 5.74) is 24.2. The van der Waals surface area contributed by atoms with Gasteiger partial charge in [0.15, 0.2) is 0 Å². The van der Waals surface area contributed by atoms with Crippen LogP contribution >= 0.6 is 57.4 Å². The van der Waals surface area contributed by atoms with Crippen LogP contribution in [0.3, 0.4) is 0 Å². The number of anilines is 3. The first kappa shape index (κ1) is 54.9. The van der Waals surface area contributed by atoms with Crippen molar-refractivity contribution >= 4 is 96.4 Å². The second-order valence-electron chi connectivity index (χ2n) is 18.5. The molecule has 0 amide bonds. The predicted octanol–water partition coefficient (Wildman–Crippen LogP) is 9.01. The van der Waals surface area contributed by atoms with E-state index in [9.17, 15) is 9.50 Å². The van der Waals surface area contributed by atoms with Crippen molar-refractivity contribution in [3.8, 4) is 24.2 Å². The zero-order valence-electron chi connectivity index (χ0n) is 39.5. The van der Waals surface area contributed by atoms with Gasteiger partial charge in [-0.15, -0.1) is 17.9 Å². The molecule has 342 valence electrons. The van der Waals surface area contributed by atoms with Crippen molar-refractivity contribution in [3.63, 3.8) is 0 Å². The molecule has 0 atom stereocenters. The van der Waals surface area contributed by atoms with Gasteiger partial charge in [0.1, 0.15) is 21.3 Å². The quantitative estimate of drug-likeness (QED) is 0.0493. The summed E-state index contributed by atoms with van der Waals surface area (Å²) in [4.78, 5) is 22.6. The molecule has 4 aliphatic carbocycles. The van der Waals surface area contributed by atoms with Gasteiger partial charge in [-0.25, -0.2) is 19.9 Å². The Kier molecular flexibility index (Phi) is 20.3. The Morgan fingerprint density at radius 1 is 0.708 bits per heavy atom. The molecule has 16 heteroatoms. The minimum Gasteiger partial charge on any atom is -0.850 e. The Labute approximate surface area is 456 Å². The molecule has 0 unspecified atom stereocenters. The van der Waals surface area contributed by atoms with Crippen LogP contribution < -0.4 is 73.7 Å². The van der Waals surface area contributed by atoms with Crippen LogP contribution in [0.25, 0.3) is 21.8 Å². The minimum atomic E-state index is -1.00. The number of fused-ring (bicyclic) bond motifs is 2. The summed E-state index contributed by atoms with van der Waals surface area (Å²) >= 11 is 19.2. The summed E-state index contributed by atoms with van der Waals surface area (Å²) in [6.07, 6.45) is 21.8. The van der Waals surface area contributed by atoms with Crippen molar-refractivity contribution < 1.29 is 62.3 Å². The van der Waals surface area contributed by atoms with E-state index in [1.54, 1.807) is 57.7 Å². The molecule has 6 aromatic rings. The van der Waals surface area contributed by atoms with Gasteiger partial charge in [0.2, 0.25) is 0 Å². The van der Waals surface area contributed by atoms with E-state index in [1.165, 1.54) is 68.1 Å². The van der Waals surface area contributed by atoms with E-state index < -0.39 is 12.8 Å². The first-order chi connectivity index (χ1) is 30.3. The Balaban J connectivity index is 0.000000214. The van der Waals surface area contributed by atoms with Crippen molar-refractivity contribution in [3.05, 3.63) is 97.2 Å². The van der Waals surface area contributed by atoms with Crippen molar-refractivity contribution in [2.24, 2.45) is 10.8 Å². The number of hydrogen-bond donors (Lipinski definition) is 5. The molecule has 8 N–H and O–H groups in total. The van der Waals surface area contributed by atoms with Gasteiger partial charge in [-0.05, 0) is 124 Å². The number of nitrogens with two attached hydrogens (primary N) is 3. The molecule has 0 saturated heterocycles. The Morgan fingerprint density at radius 3 is 1.54 bits per heavy atom. The van der Waals surface area contributed by atoms with E-state index in [0.29, 0.717) is 48.9 Å². The molecular weight excluding hydrogens is 1020 g/mol. The third-order valence-electron chi connectivity index (χ3n) is 10.9. The summed E-state index contributed by atoms with van der Waals surface area (Å²) in [5.74, 6) is 9.56. The number of terminal acetylenes is 1. The second-order valence-corrected chi connectivity index (χ2v) is 20.9. The summed E-state index contributed by atoms with van der Waals surface area (Å²) in [6.45, 7) is 13.7. The van der Waals surface area contributed by atoms with Gasteiger partial charge in [-0.1, -0.05) is 81.3 Å².